The van der Waals surface area contributed by atoms with Gasteiger partial charge in [-0.3, -0.25) is 0 Å². The number of hydrogen-bond acceptors (Lipinski definition) is 0. The van der Waals surface area contributed by atoms with Crippen molar-refractivity contribution in [1.29, 1.82) is 0 Å². The van der Waals surface area contributed by atoms with E-state index in [0.717, 1.165) is 6.04 Å². The van der Waals surface area contributed by atoms with Crippen LogP contribution in [0.2, 0.25) is 19.1 Å². The topological polar surface area (TPSA) is 0 Å². The maximum Gasteiger partial charge on any atom is 0.141 e. The molecule has 0 nitrogen and oxygen atoms in total. The molecule has 5 rings (SSSR count). The van der Waals surface area contributed by atoms with E-state index in [4.69, 9.17) is 0 Å². The molecule has 174 valence electrons. The Bertz CT molecular complexity index is 1330. The Hall–Kier alpha value is -3.21. The van der Waals surface area contributed by atoms with Crippen molar-refractivity contribution in [1.82, 2.24) is 0 Å². The second kappa shape index (κ2) is 9.45. The van der Waals surface area contributed by atoms with Crippen molar-refractivity contribution in [3.05, 3.63) is 142 Å². The first kappa shape index (κ1) is 23.5. The summed E-state index contributed by atoms with van der Waals surface area (Å²) in [4.78, 5) is 1.77. The minimum Gasteiger partial charge on any atom is -0.0715 e. The van der Waals surface area contributed by atoms with E-state index in [9.17, 15) is 0 Å². The Kier molecular flexibility index (Phi) is 6.35. The van der Waals surface area contributed by atoms with Gasteiger partial charge >= 0.3 is 0 Å². The van der Waals surface area contributed by atoms with Crippen LogP contribution in [0.5, 0.6) is 0 Å². The molecule has 1 aliphatic heterocycles. The van der Waals surface area contributed by atoms with Crippen LogP contribution in [0, 0.1) is 0 Å². The summed E-state index contributed by atoms with van der Waals surface area (Å²) in [6, 6.07) is 46.3. The zero-order valence-electron chi connectivity index (χ0n) is 21.3. The number of allylic oxidation sites excluding steroid dienone is 3. The van der Waals surface area contributed by atoms with Gasteiger partial charge in [-0.15, -0.1) is 0 Å². The van der Waals surface area contributed by atoms with Gasteiger partial charge in [-0.25, -0.2) is 0 Å². The third-order valence-corrected chi connectivity index (χ3v) is 19.6. The highest BCUT2D eigenvalue weighted by atomic mass is 28.4. The van der Waals surface area contributed by atoms with Crippen LogP contribution in [0.3, 0.4) is 0 Å². The average molecular weight is 487 g/mol. The third-order valence-electron chi connectivity index (χ3n) is 8.05. The van der Waals surface area contributed by atoms with Crippen LogP contribution in [-0.2, 0) is 0 Å². The van der Waals surface area contributed by atoms with Crippen LogP contribution in [0.25, 0.3) is 11.1 Å². The van der Waals surface area contributed by atoms with E-state index in [2.05, 4.69) is 148 Å². The van der Waals surface area contributed by atoms with Crippen LogP contribution >= 0.6 is 0 Å². The molecule has 0 aromatic heterocycles. The predicted octanol–water partition coefficient (Wildman–Crippen LogP) is 7.54. The molecule has 4 aromatic rings. The fourth-order valence-corrected chi connectivity index (χ4v) is 18.9. The molecule has 0 atom stereocenters. The summed E-state index contributed by atoms with van der Waals surface area (Å²) in [6.07, 6.45) is 0. The summed E-state index contributed by atoms with van der Waals surface area (Å²) in [6.45, 7) is 10.1. The smallest absolute Gasteiger partial charge is 0.0715 e. The lowest BCUT2D eigenvalue weighted by atomic mass is 9.93. The maximum atomic E-state index is 2.60. The van der Waals surface area contributed by atoms with E-state index in [0.29, 0.717) is 0 Å². The van der Waals surface area contributed by atoms with Crippen molar-refractivity contribution >= 4 is 37.7 Å². The molecule has 0 saturated carbocycles. The lowest BCUT2D eigenvalue weighted by molar-refractivity contribution is 1.39. The second-order valence-electron chi connectivity index (χ2n) is 10.1. The van der Waals surface area contributed by atoms with Crippen LogP contribution in [0.15, 0.2) is 131 Å². The molecule has 1 heterocycles. The molecule has 0 aliphatic carbocycles. The van der Waals surface area contributed by atoms with Gasteiger partial charge in [0, 0.05) is 0 Å². The monoisotopic (exact) mass is 486 g/mol. The zero-order chi connectivity index (χ0) is 24.5. The Morgan fingerprint density at radius 1 is 0.543 bits per heavy atom. The number of hydrogen-bond donors (Lipinski definition) is 0. The fraction of sp³-hybridized carbons (Fsp3) is 0.152. The van der Waals surface area contributed by atoms with E-state index in [1.807, 2.05) is 0 Å². The van der Waals surface area contributed by atoms with E-state index >= 15 is 0 Å². The predicted molar refractivity (Wildman–Crippen MR) is 158 cm³/mol. The van der Waals surface area contributed by atoms with Gasteiger partial charge < -0.3 is 0 Å². The highest BCUT2D eigenvalue weighted by molar-refractivity contribution is 7.21. The molecule has 0 saturated heterocycles. The Balaban J connectivity index is 1.96. The normalized spacial score (nSPS) is 15.5. The quantitative estimate of drug-likeness (QED) is 0.247. The molecule has 0 unspecified atom stereocenters. The first-order valence-corrected chi connectivity index (χ1v) is 17.9. The molecule has 0 N–H and O–H groups in total. The van der Waals surface area contributed by atoms with Gasteiger partial charge in [-0.2, -0.15) is 0 Å². The van der Waals surface area contributed by atoms with Crippen molar-refractivity contribution in [2.75, 3.05) is 0 Å². The molecule has 0 fully saturated rings. The largest absolute Gasteiger partial charge is 0.141 e. The molecule has 0 amide bonds. The highest BCUT2D eigenvalue weighted by Gasteiger charge is 2.52. The summed E-state index contributed by atoms with van der Waals surface area (Å²) in [5.74, 6) is 0. The Labute approximate surface area is 212 Å². The molecular weight excluding hydrogens is 453 g/mol. The molecule has 2 heteroatoms. The molecule has 0 spiro atoms. The van der Waals surface area contributed by atoms with E-state index in [1.54, 1.807) is 10.0 Å². The van der Waals surface area contributed by atoms with Gasteiger partial charge in [0.05, 0.1) is 0 Å². The molecule has 4 aromatic carbocycles. The van der Waals surface area contributed by atoms with Gasteiger partial charge in [0.25, 0.3) is 0 Å². The van der Waals surface area contributed by atoms with Crippen molar-refractivity contribution in [2.45, 2.75) is 33.0 Å². The third kappa shape index (κ3) is 3.82. The summed E-state index contributed by atoms with van der Waals surface area (Å²) >= 11 is 0. The van der Waals surface area contributed by atoms with Gasteiger partial charge in [-0.1, -0.05) is 151 Å². The first-order chi connectivity index (χ1) is 17.0. The Morgan fingerprint density at radius 3 is 1.31 bits per heavy atom. The van der Waals surface area contributed by atoms with Crippen LogP contribution in [0.1, 0.15) is 25.0 Å². The standard InChI is InChI=1S/C33H34Si2/c1-5-35(29-22-14-8-15-23-29,30-24-16-9-17-25-30)33-32(28-20-12-7-13-21-28)31(26(2)34(33,3)4)27-18-10-6-11-19-27/h6-25H,5H2,1-4H3. The summed E-state index contributed by atoms with van der Waals surface area (Å²) in [7, 11) is -4.25. The molecular formula is C33H34Si2. The van der Waals surface area contributed by atoms with Crippen molar-refractivity contribution in [3.8, 4) is 0 Å². The van der Waals surface area contributed by atoms with Gasteiger partial charge in [-0.05, 0) is 45.6 Å². The van der Waals surface area contributed by atoms with Crippen LogP contribution < -0.4 is 10.4 Å². The lowest BCUT2D eigenvalue weighted by Gasteiger charge is -2.41. The number of rotatable bonds is 6. The Morgan fingerprint density at radius 2 is 0.914 bits per heavy atom. The minimum atomic E-state index is -2.29. The summed E-state index contributed by atoms with van der Waals surface area (Å²) in [5.41, 5.74) is 5.68. The molecule has 35 heavy (non-hydrogen) atoms. The van der Waals surface area contributed by atoms with Gasteiger partial charge in [0.1, 0.15) is 16.1 Å². The van der Waals surface area contributed by atoms with Crippen molar-refractivity contribution < 1.29 is 0 Å². The van der Waals surface area contributed by atoms with E-state index in [-0.39, 0.29) is 0 Å². The SMILES string of the molecule is CC[Si](C1=C(c2ccccc2)C(c2ccccc2)=C(C)[Si]1(C)C)(c1ccccc1)c1ccccc1. The van der Waals surface area contributed by atoms with Gasteiger partial charge in [0.2, 0.25) is 0 Å². The molecule has 0 bridgehead atoms. The summed E-state index contributed by atoms with van der Waals surface area (Å²) in [5, 5.41) is 4.66. The second-order valence-corrected chi connectivity index (χ2v) is 19.3. The maximum absolute atomic E-state index is 2.60. The number of benzene rings is 4. The zero-order valence-corrected chi connectivity index (χ0v) is 23.3. The summed E-state index contributed by atoms with van der Waals surface area (Å²) < 4.78 is 0. The van der Waals surface area contributed by atoms with Crippen molar-refractivity contribution in [2.24, 2.45) is 0 Å². The first-order valence-electron chi connectivity index (χ1n) is 12.7. The van der Waals surface area contributed by atoms with E-state index in [1.165, 1.54) is 32.6 Å². The lowest BCUT2D eigenvalue weighted by Crippen LogP contribution is -2.64. The van der Waals surface area contributed by atoms with Crippen LogP contribution in [-0.4, -0.2) is 16.1 Å². The fourth-order valence-electron chi connectivity index (χ4n) is 6.22. The van der Waals surface area contributed by atoms with Crippen molar-refractivity contribution in [3.63, 3.8) is 0 Å². The van der Waals surface area contributed by atoms with E-state index < -0.39 is 16.1 Å². The van der Waals surface area contributed by atoms with Crippen LogP contribution in [0.4, 0.5) is 0 Å². The molecule has 0 radical (unpaired) electrons. The average Bonchev–Trinajstić information content (AvgIpc) is 3.13. The highest BCUT2D eigenvalue weighted by Crippen LogP contribution is 2.51. The molecule has 1 aliphatic rings. The van der Waals surface area contributed by atoms with Gasteiger partial charge in [0.15, 0.2) is 0 Å². The minimum absolute atomic E-state index is 1.15.